The van der Waals surface area contributed by atoms with Gasteiger partial charge in [0.15, 0.2) is 5.96 Å². The Hall–Kier alpha value is -5.11. The molecule has 0 saturated heterocycles. The van der Waals surface area contributed by atoms with Gasteiger partial charge in [-0.3, -0.25) is 19.9 Å². The van der Waals surface area contributed by atoms with E-state index in [0.29, 0.717) is 39.9 Å². The number of guanidine groups is 1. The number of alkyl carbamates (subject to hydrolysis) is 1. The number of benzene rings is 2. The minimum atomic E-state index is -2.79. The second-order valence-electron chi connectivity index (χ2n) is 12.9. The van der Waals surface area contributed by atoms with Crippen LogP contribution in [0.4, 0.5) is 13.6 Å². The van der Waals surface area contributed by atoms with Crippen LogP contribution in [0.25, 0.3) is 22.5 Å². The van der Waals surface area contributed by atoms with E-state index in [2.05, 4.69) is 46.5 Å². The van der Waals surface area contributed by atoms with Crippen LogP contribution >= 0.6 is 11.6 Å². The number of aromatic nitrogens is 4. The molecule has 1 atom stereocenters. The molecule has 12 nitrogen and oxygen atoms in total. The molecule has 0 radical (unpaired) electrons. The zero-order valence-electron chi connectivity index (χ0n) is 27.2. The predicted octanol–water partition coefficient (Wildman–Crippen LogP) is 6.38. The van der Waals surface area contributed by atoms with Crippen LogP contribution in [-0.4, -0.2) is 61.8 Å². The molecule has 4 aromatic rings. The Balaban J connectivity index is 1.53. The maximum absolute atomic E-state index is 14.4. The molecule has 1 saturated carbocycles. The van der Waals surface area contributed by atoms with E-state index in [1.165, 1.54) is 41.7 Å². The average molecular weight is 695 g/mol. The molecular weight excluding hydrogens is 658 g/mol. The summed E-state index contributed by atoms with van der Waals surface area (Å²) in [6, 6.07) is 11.3. The van der Waals surface area contributed by atoms with Crippen LogP contribution < -0.4 is 16.2 Å². The molecule has 0 spiro atoms. The summed E-state index contributed by atoms with van der Waals surface area (Å²) in [7, 11) is 0. The van der Waals surface area contributed by atoms with Crippen LogP contribution in [0.5, 0.6) is 0 Å². The summed E-state index contributed by atoms with van der Waals surface area (Å²) >= 11 is 6.54. The number of carbonyl (C=O) groups excluding carboxylic acids is 2. The number of aromatic amines is 1. The number of hydrogen-bond donors (Lipinski definition) is 4. The lowest BCUT2D eigenvalue weighted by Gasteiger charge is -2.33. The maximum atomic E-state index is 14.4. The summed E-state index contributed by atoms with van der Waals surface area (Å²) in [5.41, 5.74) is 1.51. The summed E-state index contributed by atoms with van der Waals surface area (Å²) in [5, 5.41) is 18.9. The standard InChI is InChI=1S/C34H37ClF2N8O4/c1-34(2,3)13-15-40-32(38)45(30(47)21-6-4-20(5-7-21)23-17-41-44(18-23)31(36)37)27(19-49-33(48)42-24-9-10-24)22-8-11-26(35)25(16-22)29-39-14-12-28(46)43-29/h4-8,11-12,14,16-18,24,27,31H,9-10,13,15,19H2,1-3H3,(H2,38,40)(H,42,48)(H,39,43,46)/t27-/m1/s1. The van der Waals surface area contributed by atoms with Gasteiger partial charge in [-0.1, -0.05) is 50.6 Å². The van der Waals surface area contributed by atoms with E-state index in [1.54, 1.807) is 30.3 Å². The summed E-state index contributed by atoms with van der Waals surface area (Å²) in [4.78, 5) is 47.3. The number of carbonyl (C=O) groups is 2. The van der Waals surface area contributed by atoms with Gasteiger partial charge in [-0.2, -0.15) is 13.9 Å². The van der Waals surface area contributed by atoms with Crippen molar-refractivity contribution in [3.8, 4) is 22.5 Å². The largest absolute Gasteiger partial charge is 0.447 e. The SMILES string of the molecule is CC(C)(C)CCNC(=N)N(C(=O)c1ccc(-c2cnn(C(F)F)c2)cc1)[C@H](COC(=O)NC1CC1)c1ccc(Cl)c(-c2nccc(=O)[nH]2)c1. The number of H-pyrrole nitrogens is 1. The monoisotopic (exact) mass is 694 g/mol. The molecule has 2 aromatic carbocycles. The van der Waals surface area contributed by atoms with Crippen LogP contribution in [0.2, 0.25) is 5.02 Å². The molecule has 0 unspecified atom stereocenters. The van der Waals surface area contributed by atoms with Crippen molar-refractivity contribution in [3.05, 3.63) is 93.6 Å². The molecule has 0 bridgehead atoms. The molecular formula is C34H37ClF2N8O4. The lowest BCUT2D eigenvalue weighted by Crippen LogP contribution is -2.48. The van der Waals surface area contributed by atoms with E-state index in [-0.39, 0.29) is 40.4 Å². The Morgan fingerprint density at radius 1 is 1.14 bits per heavy atom. The van der Waals surface area contributed by atoms with Crippen molar-refractivity contribution < 1.29 is 23.1 Å². The minimum absolute atomic E-state index is 0.0236. The number of halogens is 3. The summed E-state index contributed by atoms with van der Waals surface area (Å²) in [5.74, 6) is -0.648. The zero-order valence-corrected chi connectivity index (χ0v) is 27.9. The molecule has 258 valence electrons. The molecule has 2 amide bonds. The number of nitrogens with one attached hydrogen (secondary N) is 4. The van der Waals surface area contributed by atoms with Crippen LogP contribution in [0.15, 0.2) is 71.9 Å². The lowest BCUT2D eigenvalue weighted by atomic mass is 9.92. The molecule has 1 fully saturated rings. The number of hydrogen-bond acceptors (Lipinski definition) is 7. The summed E-state index contributed by atoms with van der Waals surface area (Å²) in [6.07, 6.45) is 5.55. The van der Waals surface area contributed by atoms with Gasteiger partial charge in [-0.05, 0) is 60.1 Å². The van der Waals surface area contributed by atoms with Crippen molar-refractivity contribution >= 4 is 29.6 Å². The van der Waals surface area contributed by atoms with E-state index in [9.17, 15) is 23.2 Å². The summed E-state index contributed by atoms with van der Waals surface area (Å²) < 4.78 is 32.4. The fraction of sp³-hybridized carbons (Fsp3) is 0.353. The van der Waals surface area contributed by atoms with Crippen molar-refractivity contribution in [2.75, 3.05) is 13.2 Å². The van der Waals surface area contributed by atoms with E-state index in [0.717, 1.165) is 12.8 Å². The van der Waals surface area contributed by atoms with Gasteiger partial charge >= 0.3 is 12.6 Å². The molecule has 49 heavy (non-hydrogen) atoms. The van der Waals surface area contributed by atoms with Crippen molar-refractivity contribution in [1.29, 1.82) is 5.41 Å². The van der Waals surface area contributed by atoms with Crippen LogP contribution in [0.3, 0.4) is 0 Å². The highest BCUT2D eigenvalue weighted by Gasteiger charge is 2.33. The second kappa shape index (κ2) is 15.0. The first-order valence-electron chi connectivity index (χ1n) is 15.7. The topological polar surface area (TPSA) is 158 Å². The first kappa shape index (κ1) is 35.2. The molecule has 1 aliphatic carbocycles. The molecule has 1 aliphatic rings. The Kier molecular flexibility index (Phi) is 10.8. The molecule has 4 N–H and O–H groups in total. The molecule has 2 aromatic heterocycles. The molecule has 2 heterocycles. The molecule has 0 aliphatic heterocycles. The van der Waals surface area contributed by atoms with Crippen molar-refractivity contribution in [3.63, 3.8) is 0 Å². The number of nitrogens with zero attached hydrogens (tertiary/aromatic N) is 4. The van der Waals surface area contributed by atoms with Gasteiger partial charge < -0.3 is 20.4 Å². The highest BCUT2D eigenvalue weighted by atomic mass is 35.5. The van der Waals surface area contributed by atoms with Crippen LogP contribution in [0.1, 0.15) is 68.5 Å². The fourth-order valence-electron chi connectivity index (χ4n) is 4.93. The normalized spacial score (nSPS) is 13.5. The van der Waals surface area contributed by atoms with Gasteiger partial charge in [0.2, 0.25) is 0 Å². The number of alkyl halides is 2. The number of amides is 2. The zero-order chi connectivity index (χ0) is 35.3. The van der Waals surface area contributed by atoms with Crippen molar-refractivity contribution in [1.82, 2.24) is 35.3 Å². The highest BCUT2D eigenvalue weighted by molar-refractivity contribution is 6.33. The summed E-state index contributed by atoms with van der Waals surface area (Å²) in [6.45, 7) is 3.41. The van der Waals surface area contributed by atoms with E-state index < -0.39 is 30.2 Å². The molecule has 15 heteroatoms. The van der Waals surface area contributed by atoms with Gasteiger partial charge in [0.05, 0.1) is 17.3 Å². The van der Waals surface area contributed by atoms with E-state index in [4.69, 9.17) is 21.7 Å². The Morgan fingerprint density at radius 3 is 2.51 bits per heavy atom. The Labute approximate surface area is 286 Å². The van der Waals surface area contributed by atoms with Crippen molar-refractivity contribution in [2.24, 2.45) is 5.41 Å². The molecule has 5 rings (SSSR count). The van der Waals surface area contributed by atoms with Gasteiger partial charge in [0.1, 0.15) is 12.4 Å². The average Bonchev–Trinajstić information content (AvgIpc) is 3.72. The van der Waals surface area contributed by atoms with E-state index in [1.807, 2.05) is 0 Å². The maximum Gasteiger partial charge on any atom is 0.407 e. The van der Waals surface area contributed by atoms with Gasteiger partial charge in [-0.25, -0.2) is 14.5 Å². The third-order valence-electron chi connectivity index (χ3n) is 7.78. The van der Waals surface area contributed by atoms with Gasteiger partial charge in [0, 0.05) is 47.7 Å². The number of rotatable bonds is 11. The third-order valence-corrected chi connectivity index (χ3v) is 8.11. The van der Waals surface area contributed by atoms with Crippen molar-refractivity contribution in [2.45, 2.75) is 58.7 Å². The Morgan fingerprint density at radius 2 is 1.88 bits per heavy atom. The second-order valence-corrected chi connectivity index (χ2v) is 13.3. The third kappa shape index (κ3) is 9.28. The minimum Gasteiger partial charge on any atom is -0.447 e. The quantitative estimate of drug-likeness (QED) is 0.105. The smallest absolute Gasteiger partial charge is 0.407 e. The van der Waals surface area contributed by atoms with Gasteiger partial charge in [-0.15, -0.1) is 0 Å². The first-order chi connectivity index (χ1) is 23.3. The highest BCUT2D eigenvalue weighted by Crippen LogP contribution is 2.32. The fourth-order valence-corrected chi connectivity index (χ4v) is 5.13. The van der Waals surface area contributed by atoms with Gasteiger partial charge in [0.25, 0.3) is 11.5 Å². The van der Waals surface area contributed by atoms with Crippen LogP contribution in [-0.2, 0) is 4.74 Å². The van der Waals surface area contributed by atoms with E-state index >= 15 is 0 Å². The number of ether oxygens (including phenoxy) is 1. The lowest BCUT2D eigenvalue weighted by molar-refractivity contribution is 0.0566. The van der Waals surface area contributed by atoms with Crippen LogP contribution in [0, 0.1) is 10.8 Å². The Bertz CT molecular complexity index is 1870. The first-order valence-corrected chi connectivity index (χ1v) is 16.0. The predicted molar refractivity (Wildman–Crippen MR) is 180 cm³/mol.